The standard InChI is InChI=1S/C22H33BN2O5/c26-19(14-24-22(28)29-15-16-6-2-1-3-7-16)12-13-20-21(27)30-23(25-20)17-8-4-9-18(23)11-5-10-17/h1-3,6-7,17-20,26H,4-5,8-15,25H2,(H,24,28)/t17?,18?,19-,20+,23?/m1/s1. The van der Waals surface area contributed by atoms with E-state index in [1.807, 2.05) is 30.3 Å². The molecular weight excluding hydrogens is 383 g/mol. The lowest BCUT2D eigenvalue weighted by molar-refractivity contribution is -0.560. The van der Waals surface area contributed by atoms with E-state index in [2.05, 4.69) is 10.5 Å². The highest BCUT2D eigenvalue weighted by atomic mass is 16.5. The topological polar surface area (TPSA) is 101 Å². The monoisotopic (exact) mass is 416 g/mol. The summed E-state index contributed by atoms with van der Waals surface area (Å²) in [5, 5.41) is 15.1. The molecule has 3 heterocycles. The minimum atomic E-state index is -1.14. The maximum atomic E-state index is 12.6. The van der Waals surface area contributed by atoms with Gasteiger partial charge in [-0.1, -0.05) is 80.5 Å². The Labute approximate surface area is 177 Å². The fraction of sp³-hybridized carbons (Fsp3) is 0.636. The zero-order valence-electron chi connectivity index (χ0n) is 17.5. The van der Waals surface area contributed by atoms with Crippen molar-refractivity contribution in [3.8, 4) is 0 Å². The Hall–Kier alpha value is -2.06. The summed E-state index contributed by atoms with van der Waals surface area (Å²) in [4.78, 5) is 24.4. The van der Waals surface area contributed by atoms with Gasteiger partial charge in [0.15, 0.2) is 0 Å². The fourth-order valence-electron chi connectivity index (χ4n) is 5.94. The minimum Gasteiger partial charge on any atom is -0.634 e. The van der Waals surface area contributed by atoms with E-state index in [0.29, 0.717) is 24.5 Å². The zero-order valence-corrected chi connectivity index (χ0v) is 17.5. The highest BCUT2D eigenvalue weighted by Crippen LogP contribution is 2.51. The Morgan fingerprint density at radius 3 is 2.53 bits per heavy atom. The van der Waals surface area contributed by atoms with E-state index in [0.717, 1.165) is 5.56 Å². The van der Waals surface area contributed by atoms with Gasteiger partial charge in [-0.05, 0) is 12.0 Å². The molecule has 8 heteroatoms. The van der Waals surface area contributed by atoms with Crippen molar-refractivity contribution in [1.82, 2.24) is 5.32 Å². The number of nitrogens with one attached hydrogen (secondary N) is 1. The molecule has 7 nitrogen and oxygen atoms in total. The van der Waals surface area contributed by atoms with E-state index in [1.54, 1.807) is 0 Å². The van der Waals surface area contributed by atoms with Crippen molar-refractivity contribution in [2.24, 2.45) is 0 Å². The maximum Gasteiger partial charge on any atom is 0.407 e. The molecule has 1 aromatic rings. The van der Waals surface area contributed by atoms with Gasteiger partial charge in [0.25, 0.3) is 0 Å². The number of nitrogens with two attached hydrogens (primary N) is 1. The molecule has 0 saturated carbocycles. The van der Waals surface area contributed by atoms with Crippen molar-refractivity contribution in [2.75, 3.05) is 6.54 Å². The Morgan fingerprint density at radius 2 is 1.87 bits per heavy atom. The molecule has 3 aliphatic rings. The van der Waals surface area contributed by atoms with Gasteiger partial charge in [-0.25, -0.2) is 4.79 Å². The lowest BCUT2D eigenvalue weighted by Crippen LogP contribution is -3.03. The predicted molar refractivity (Wildman–Crippen MR) is 113 cm³/mol. The number of alkyl carbamates (subject to hydrolysis) is 1. The number of carbonyl (C=O) groups excluding carboxylic acids is 2. The van der Waals surface area contributed by atoms with Crippen LogP contribution in [0.2, 0.25) is 11.6 Å². The van der Waals surface area contributed by atoms with E-state index >= 15 is 0 Å². The van der Waals surface area contributed by atoms with Crippen molar-refractivity contribution < 1.29 is 29.3 Å². The average molecular weight is 416 g/mol. The number of aliphatic hydroxyl groups excluding tert-OH is 1. The van der Waals surface area contributed by atoms with Crippen molar-refractivity contribution in [3.05, 3.63) is 35.9 Å². The first-order valence-corrected chi connectivity index (χ1v) is 11.4. The summed E-state index contributed by atoms with van der Waals surface area (Å²) in [6, 6.07) is 9.21. The molecule has 1 spiro atoms. The molecular formula is C22H33BN2O5. The molecule has 0 unspecified atom stereocenters. The third kappa shape index (κ3) is 4.65. The average Bonchev–Trinajstić information content (AvgIpc) is 3.05. The molecule has 0 radical (unpaired) electrons. The molecule has 1 amide bonds. The van der Waals surface area contributed by atoms with Gasteiger partial charge in [0.05, 0.1) is 6.10 Å². The van der Waals surface area contributed by atoms with Crippen LogP contribution in [0, 0.1) is 0 Å². The minimum absolute atomic E-state index is 0.108. The summed E-state index contributed by atoms with van der Waals surface area (Å²) < 4.78 is 11.2. The number of hydrogen-bond donors (Lipinski definition) is 3. The Balaban J connectivity index is 1.19. The van der Waals surface area contributed by atoms with E-state index in [1.165, 1.54) is 38.5 Å². The molecule has 3 saturated heterocycles. The van der Waals surface area contributed by atoms with Crippen molar-refractivity contribution >= 4 is 18.5 Å². The number of hydrogen-bond acceptors (Lipinski definition) is 5. The van der Waals surface area contributed by atoms with Crippen LogP contribution in [0.5, 0.6) is 0 Å². The lowest BCUT2D eigenvalue weighted by Gasteiger charge is -2.50. The van der Waals surface area contributed by atoms with Crippen LogP contribution in [-0.4, -0.2) is 42.3 Å². The summed E-state index contributed by atoms with van der Waals surface area (Å²) in [5.41, 5.74) is 0.909. The van der Waals surface area contributed by atoms with E-state index in [-0.39, 0.29) is 25.2 Å². The molecule has 0 aromatic heterocycles. The maximum absolute atomic E-state index is 12.6. The quantitative estimate of drug-likeness (QED) is 0.591. The fourth-order valence-corrected chi connectivity index (χ4v) is 5.94. The zero-order chi connectivity index (χ0) is 21.0. The highest BCUT2D eigenvalue weighted by molar-refractivity contribution is 6.71. The molecule has 2 bridgehead atoms. The van der Waals surface area contributed by atoms with Gasteiger partial charge in [0, 0.05) is 13.0 Å². The molecule has 30 heavy (non-hydrogen) atoms. The molecule has 4 N–H and O–H groups in total. The van der Waals surface area contributed by atoms with E-state index in [4.69, 9.17) is 9.39 Å². The summed E-state index contributed by atoms with van der Waals surface area (Å²) in [6.45, 7) is -0.837. The molecule has 0 aliphatic carbocycles. The number of quaternary nitrogens is 1. The number of benzene rings is 1. The van der Waals surface area contributed by atoms with Gasteiger partial charge < -0.3 is 25.0 Å². The van der Waals surface area contributed by atoms with Crippen molar-refractivity contribution in [2.45, 2.75) is 81.8 Å². The van der Waals surface area contributed by atoms with Gasteiger partial charge in [0.2, 0.25) is 0 Å². The van der Waals surface area contributed by atoms with Crippen LogP contribution in [-0.2, 0) is 20.8 Å². The van der Waals surface area contributed by atoms with Gasteiger partial charge in [-0.2, -0.15) is 0 Å². The number of amides is 1. The molecule has 3 aliphatic heterocycles. The second kappa shape index (κ2) is 9.39. The van der Waals surface area contributed by atoms with Crippen LogP contribution in [0.25, 0.3) is 0 Å². The summed E-state index contributed by atoms with van der Waals surface area (Å²) in [5.74, 6) is 0.936. The van der Waals surface area contributed by atoms with Crippen LogP contribution in [0.1, 0.15) is 56.9 Å². The number of ether oxygens (including phenoxy) is 1. The Kier molecular flexibility index (Phi) is 6.63. The normalized spacial score (nSPS) is 31.2. The number of carbonyl (C=O) groups is 2. The van der Waals surface area contributed by atoms with Gasteiger partial charge in [-0.15, -0.1) is 0 Å². The SMILES string of the molecule is O=C(NC[C@H](O)CC[C@@H]1[NH2+][B-]2(OC1=O)C1CCCC2CCC1)OCc1ccccc1. The number of rotatable bonds is 7. The Bertz CT molecular complexity index is 724. The predicted octanol–water partition coefficient (Wildman–Crippen LogP) is 2.09. The second-order valence-electron chi connectivity index (χ2n) is 9.28. The lowest BCUT2D eigenvalue weighted by atomic mass is 9.28. The first-order valence-electron chi connectivity index (χ1n) is 11.4. The first-order chi connectivity index (χ1) is 14.6. The number of aliphatic hydroxyl groups is 1. The van der Waals surface area contributed by atoms with E-state index < -0.39 is 18.7 Å². The third-order valence-corrected chi connectivity index (χ3v) is 7.44. The van der Waals surface area contributed by atoms with Crippen LogP contribution in [0.15, 0.2) is 30.3 Å². The molecule has 4 rings (SSSR count). The van der Waals surface area contributed by atoms with Crippen molar-refractivity contribution in [3.63, 3.8) is 0 Å². The first kappa shape index (κ1) is 21.2. The third-order valence-electron chi connectivity index (χ3n) is 7.44. The van der Waals surface area contributed by atoms with Gasteiger partial charge in [0.1, 0.15) is 12.6 Å². The van der Waals surface area contributed by atoms with Crippen LogP contribution < -0.4 is 10.5 Å². The Morgan fingerprint density at radius 1 is 1.20 bits per heavy atom. The smallest absolute Gasteiger partial charge is 0.407 e. The largest absolute Gasteiger partial charge is 0.634 e. The summed E-state index contributed by atoms with van der Waals surface area (Å²) in [7, 11) is 0. The van der Waals surface area contributed by atoms with Crippen LogP contribution in [0.3, 0.4) is 0 Å². The van der Waals surface area contributed by atoms with Crippen LogP contribution >= 0.6 is 0 Å². The summed E-state index contributed by atoms with van der Waals surface area (Å²) >= 11 is 0. The molecule has 3 fully saturated rings. The van der Waals surface area contributed by atoms with Gasteiger partial charge in [-0.3, -0.25) is 4.79 Å². The van der Waals surface area contributed by atoms with Crippen LogP contribution in [0.4, 0.5) is 4.79 Å². The van der Waals surface area contributed by atoms with Gasteiger partial charge >= 0.3 is 18.5 Å². The molecule has 2 atom stereocenters. The summed E-state index contributed by atoms with van der Waals surface area (Å²) in [6.07, 6.45) is 6.91. The van der Waals surface area contributed by atoms with E-state index in [9.17, 15) is 14.7 Å². The second-order valence-corrected chi connectivity index (χ2v) is 9.28. The molecule has 164 valence electrons. The van der Waals surface area contributed by atoms with Crippen molar-refractivity contribution in [1.29, 1.82) is 0 Å². The molecule has 1 aromatic carbocycles. The highest BCUT2D eigenvalue weighted by Gasteiger charge is 2.59.